The third-order valence-electron chi connectivity index (χ3n) is 1.68. The van der Waals surface area contributed by atoms with Gasteiger partial charge in [0.1, 0.15) is 5.75 Å². The number of aromatic carboxylic acids is 1. The second-order valence-corrected chi connectivity index (χ2v) is 3.92. The van der Waals surface area contributed by atoms with Crippen LogP contribution < -0.4 is 4.74 Å². The normalized spacial score (nSPS) is 9.33. The molecule has 78 valence electrons. The standard InChI is InChI=1S/C11H9IO3/c1-2-3-6-15-10-7-8(11(13)14)4-5-9(10)12/h1,4-5,7H,3,6H2,(H,13,14). The van der Waals surface area contributed by atoms with Gasteiger partial charge in [0.2, 0.25) is 0 Å². The van der Waals surface area contributed by atoms with Crippen molar-refractivity contribution in [3.8, 4) is 18.1 Å². The van der Waals surface area contributed by atoms with Crippen molar-refractivity contribution in [1.29, 1.82) is 0 Å². The number of benzene rings is 1. The summed E-state index contributed by atoms with van der Waals surface area (Å²) >= 11 is 2.08. The molecule has 0 saturated heterocycles. The van der Waals surface area contributed by atoms with Crippen LogP contribution in [0.4, 0.5) is 0 Å². The summed E-state index contributed by atoms with van der Waals surface area (Å²) in [6.07, 6.45) is 5.59. The molecular formula is C11H9IO3. The Bertz CT molecular complexity index is 407. The van der Waals surface area contributed by atoms with Crippen LogP contribution in [0, 0.1) is 15.9 Å². The van der Waals surface area contributed by atoms with Gasteiger partial charge in [-0.15, -0.1) is 12.3 Å². The molecule has 3 nitrogen and oxygen atoms in total. The van der Waals surface area contributed by atoms with Gasteiger partial charge in [0.15, 0.2) is 0 Å². The largest absolute Gasteiger partial charge is 0.491 e. The summed E-state index contributed by atoms with van der Waals surface area (Å²) in [5.41, 5.74) is 0.214. The number of carbonyl (C=O) groups is 1. The molecule has 4 heteroatoms. The average molecular weight is 316 g/mol. The minimum absolute atomic E-state index is 0.214. The highest BCUT2D eigenvalue weighted by atomic mass is 127. The molecule has 1 rings (SSSR count). The van der Waals surface area contributed by atoms with Gasteiger partial charge in [-0.25, -0.2) is 4.79 Å². The maximum atomic E-state index is 10.7. The van der Waals surface area contributed by atoms with Crippen molar-refractivity contribution in [3.63, 3.8) is 0 Å². The van der Waals surface area contributed by atoms with Crippen molar-refractivity contribution in [2.24, 2.45) is 0 Å². The number of carboxylic acid groups (broad SMARTS) is 1. The first-order valence-corrected chi connectivity index (χ1v) is 5.32. The lowest BCUT2D eigenvalue weighted by Crippen LogP contribution is -2.01. The molecule has 0 spiro atoms. The zero-order valence-corrected chi connectivity index (χ0v) is 10.0. The monoisotopic (exact) mass is 316 g/mol. The zero-order chi connectivity index (χ0) is 11.3. The molecule has 0 fully saturated rings. The van der Waals surface area contributed by atoms with Crippen molar-refractivity contribution < 1.29 is 14.6 Å². The lowest BCUT2D eigenvalue weighted by atomic mass is 10.2. The van der Waals surface area contributed by atoms with Gasteiger partial charge in [0.05, 0.1) is 15.7 Å². The third-order valence-corrected chi connectivity index (χ3v) is 2.57. The molecule has 0 saturated carbocycles. The zero-order valence-electron chi connectivity index (χ0n) is 7.87. The highest BCUT2D eigenvalue weighted by Crippen LogP contribution is 2.22. The van der Waals surface area contributed by atoms with Crippen LogP contribution in [0.5, 0.6) is 5.75 Å². The molecule has 0 aromatic heterocycles. The summed E-state index contributed by atoms with van der Waals surface area (Å²) < 4.78 is 6.22. The quantitative estimate of drug-likeness (QED) is 0.527. The predicted molar refractivity (Wildman–Crippen MR) is 65.1 cm³/mol. The highest BCUT2D eigenvalue weighted by Gasteiger charge is 2.07. The summed E-state index contributed by atoms with van der Waals surface area (Å²) in [4.78, 5) is 10.7. The fourth-order valence-corrected chi connectivity index (χ4v) is 1.46. The molecule has 0 amide bonds. The molecule has 0 aliphatic rings. The van der Waals surface area contributed by atoms with E-state index in [0.29, 0.717) is 18.8 Å². The summed E-state index contributed by atoms with van der Waals surface area (Å²) in [6, 6.07) is 4.74. The van der Waals surface area contributed by atoms with Gasteiger partial charge < -0.3 is 9.84 Å². The third kappa shape index (κ3) is 3.44. The fourth-order valence-electron chi connectivity index (χ4n) is 0.967. The fraction of sp³-hybridized carbons (Fsp3) is 0.182. The molecular weight excluding hydrogens is 307 g/mol. The topological polar surface area (TPSA) is 46.5 Å². The first kappa shape index (κ1) is 11.9. The second-order valence-electron chi connectivity index (χ2n) is 2.75. The van der Waals surface area contributed by atoms with Crippen LogP contribution in [-0.4, -0.2) is 17.7 Å². The van der Waals surface area contributed by atoms with E-state index >= 15 is 0 Å². The first-order chi connectivity index (χ1) is 7.15. The smallest absolute Gasteiger partial charge is 0.335 e. The van der Waals surface area contributed by atoms with Crippen LogP contribution in [0.15, 0.2) is 18.2 Å². The molecule has 0 unspecified atom stereocenters. The van der Waals surface area contributed by atoms with E-state index in [0.717, 1.165) is 3.57 Å². The molecule has 0 radical (unpaired) electrons. The summed E-state index contributed by atoms with van der Waals surface area (Å²) in [6.45, 7) is 0.398. The maximum absolute atomic E-state index is 10.7. The number of hydrogen-bond acceptors (Lipinski definition) is 2. The Morgan fingerprint density at radius 1 is 1.60 bits per heavy atom. The SMILES string of the molecule is C#CCCOc1cc(C(=O)O)ccc1I. The van der Waals surface area contributed by atoms with Gasteiger partial charge in [0, 0.05) is 6.42 Å². The number of hydrogen-bond donors (Lipinski definition) is 1. The molecule has 0 aliphatic heterocycles. The Morgan fingerprint density at radius 3 is 2.93 bits per heavy atom. The molecule has 0 aliphatic carbocycles. The number of halogens is 1. The molecule has 1 aromatic rings. The highest BCUT2D eigenvalue weighted by molar-refractivity contribution is 14.1. The van der Waals surface area contributed by atoms with Crippen molar-refractivity contribution in [3.05, 3.63) is 27.3 Å². The number of ether oxygens (including phenoxy) is 1. The minimum atomic E-state index is -0.965. The maximum Gasteiger partial charge on any atom is 0.335 e. The van der Waals surface area contributed by atoms with Crippen LogP contribution >= 0.6 is 22.6 Å². The predicted octanol–water partition coefficient (Wildman–Crippen LogP) is 2.39. The van der Waals surface area contributed by atoms with Crippen molar-refractivity contribution >= 4 is 28.6 Å². The summed E-state index contributed by atoms with van der Waals surface area (Å²) in [5.74, 6) is 2.05. The van der Waals surface area contributed by atoms with Crippen molar-refractivity contribution in [2.75, 3.05) is 6.61 Å². The summed E-state index contributed by atoms with van der Waals surface area (Å²) in [7, 11) is 0. The number of carboxylic acids is 1. The minimum Gasteiger partial charge on any atom is -0.491 e. The van der Waals surface area contributed by atoms with Gasteiger partial charge in [-0.05, 0) is 40.8 Å². The van der Waals surface area contributed by atoms with E-state index in [1.165, 1.54) is 12.1 Å². The van der Waals surface area contributed by atoms with Gasteiger partial charge in [-0.2, -0.15) is 0 Å². The Morgan fingerprint density at radius 2 is 2.33 bits per heavy atom. The Balaban J connectivity index is 2.82. The van der Waals surface area contributed by atoms with Crippen LogP contribution in [0.25, 0.3) is 0 Å². The first-order valence-electron chi connectivity index (χ1n) is 4.24. The molecule has 1 aromatic carbocycles. The van der Waals surface area contributed by atoms with E-state index in [1.54, 1.807) is 6.07 Å². The van der Waals surface area contributed by atoms with E-state index < -0.39 is 5.97 Å². The van der Waals surface area contributed by atoms with Gasteiger partial charge in [-0.1, -0.05) is 0 Å². The van der Waals surface area contributed by atoms with Crippen LogP contribution in [0.1, 0.15) is 16.8 Å². The lowest BCUT2D eigenvalue weighted by Gasteiger charge is -2.07. The Hall–Kier alpha value is -1.22. The van der Waals surface area contributed by atoms with Crippen LogP contribution in [0.2, 0.25) is 0 Å². The van der Waals surface area contributed by atoms with E-state index in [1.807, 2.05) is 0 Å². The van der Waals surface area contributed by atoms with Gasteiger partial charge in [0.25, 0.3) is 0 Å². The van der Waals surface area contributed by atoms with E-state index in [4.69, 9.17) is 16.3 Å². The lowest BCUT2D eigenvalue weighted by molar-refractivity contribution is 0.0696. The Labute approximate surface area is 102 Å². The molecule has 0 atom stereocenters. The van der Waals surface area contributed by atoms with Crippen LogP contribution in [-0.2, 0) is 0 Å². The second kappa shape index (κ2) is 5.61. The van der Waals surface area contributed by atoms with E-state index in [9.17, 15) is 4.79 Å². The average Bonchev–Trinajstić information content (AvgIpc) is 2.20. The number of rotatable bonds is 4. The van der Waals surface area contributed by atoms with E-state index in [-0.39, 0.29) is 5.56 Å². The Kier molecular flexibility index (Phi) is 4.43. The molecule has 0 bridgehead atoms. The van der Waals surface area contributed by atoms with Gasteiger partial charge >= 0.3 is 5.97 Å². The van der Waals surface area contributed by atoms with Crippen molar-refractivity contribution in [2.45, 2.75) is 6.42 Å². The molecule has 0 heterocycles. The number of terminal acetylenes is 1. The molecule has 15 heavy (non-hydrogen) atoms. The van der Waals surface area contributed by atoms with Gasteiger partial charge in [-0.3, -0.25) is 0 Å². The van der Waals surface area contributed by atoms with E-state index in [2.05, 4.69) is 28.5 Å². The van der Waals surface area contributed by atoms with Crippen LogP contribution in [0.3, 0.4) is 0 Å². The van der Waals surface area contributed by atoms with Crippen molar-refractivity contribution in [1.82, 2.24) is 0 Å². The molecule has 1 N–H and O–H groups in total. The summed E-state index contributed by atoms with van der Waals surface area (Å²) in [5, 5.41) is 8.78.